The largest absolute Gasteiger partial charge is 0.352 e. The van der Waals surface area contributed by atoms with Crippen molar-refractivity contribution in [3.63, 3.8) is 0 Å². The van der Waals surface area contributed by atoms with Crippen LogP contribution in [0, 0.1) is 0 Å². The van der Waals surface area contributed by atoms with Gasteiger partial charge in [0.1, 0.15) is 0 Å². The zero-order chi connectivity index (χ0) is 17.8. The lowest BCUT2D eigenvalue weighted by molar-refractivity contribution is -0.121. The van der Waals surface area contributed by atoms with E-state index in [0.29, 0.717) is 6.42 Å². The monoisotopic (exact) mass is 375 g/mol. The molecule has 134 valence electrons. The normalized spacial score (nSPS) is 20.2. The van der Waals surface area contributed by atoms with Gasteiger partial charge in [0.15, 0.2) is 9.84 Å². The number of sulfone groups is 1. The minimum Gasteiger partial charge on any atom is -0.352 e. The van der Waals surface area contributed by atoms with Crippen LogP contribution in [0.5, 0.6) is 0 Å². The van der Waals surface area contributed by atoms with Gasteiger partial charge >= 0.3 is 0 Å². The van der Waals surface area contributed by atoms with Crippen molar-refractivity contribution in [2.45, 2.75) is 25.4 Å². The number of rotatable bonds is 7. The van der Waals surface area contributed by atoms with E-state index in [0.717, 1.165) is 11.8 Å². The minimum atomic E-state index is -3.47. The van der Waals surface area contributed by atoms with Crippen LogP contribution in [0.4, 0.5) is 0 Å². The Morgan fingerprint density at radius 3 is 2.58 bits per heavy atom. The molecule has 0 bridgehead atoms. The Morgan fingerprint density at radius 1 is 1.38 bits per heavy atom. The van der Waals surface area contributed by atoms with E-state index in [9.17, 15) is 21.6 Å². The molecule has 0 aromatic carbocycles. The number of hydrogen-bond acceptors (Lipinski definition) is 6. The number of amides is 1. The van der Waals surface area contributed by atoms with Gasteiger partial charge in [-0.2, -0.15) is 4.31 Å². The van der Waals surface area contributed by atoms with Crippen LogP contribution in [0.15, 0.2) is 24.5 Å². The molecule has 1 unspecified atom stereocenters. The lowest BCUT2D eigenvalue weighted by atomic mass is 10.2. The molecule has 1 amide bonds. The summed E-state index contributed by atoms with van der Waals surface area (Å²) in [5.74, 6) is -0.318. The highest BCUT2D eigenvalue weighted by atomic mass is 32.2. The summed E-state index contributed by atoms with van der Waals surface area (Å²) in [6.07, 6.45) is 4.62. The van der Waals surface area contributed by atoms with Gasteiger partial charge in [0, 0.05) is 37.9 Å². The zero-order valence-electron chi connectivity index (χ0n) is 13.4. The summed E-state index contributed by atoms with van der Waals surface area (Å²) in [5.41, 5.74) is 0.776. The molecule has 2 rings (SSSR count). The van der Waals surface area contributed by atoms with E-state index in [4.69, 9.17) is 0 Å². The number of aromatic nitrogens is 1. The van der Waals surface area contributed by atoms with E-state index in [-0.39, 0.29) is 43.0 Å². The topological polar surface area (TPSA) is 114 Å². The number of pyridine rings is 1. The van der Waals surface area contributed by atoms with Crippen LogP contribution in [0.2, 0.25) is 0 Å². The zero-order valence-corrected chi connectivity index (χ0v) is 15.0. The maximum atomic E-state index is 12.0. The molecule has 10 heteroatoms. The Hall–Kier alpha value is -1.52. The summed E-state index contributed by atoms with van der Waals surface area (Å²) < 4.78 is 47.7. The molecule has 1 aromatic rings. The van der Waals surface area contributed by atoms with Gasteiger partial charge in [-0.3, -0.25) is 9.78 Å². The minimum absolute atomic E-state index is 0.0191. The first-order valence-corrected chi connectivity index (χ1v) is 11.2. The second-order valence-corrected chi connectivity index (χ2v) is 10.1. The molecule has 1 aliphatic heterocycles. The lowest BCUT2D eigenvalue weighted by Gasteiger charge is -2.20. The highest BCUT2D eigenvalue weighted by Crippen LogP contribution is 2.12. The molecule has 0 spiro atoms. The number of nitrogens with zero attached hydrogens (tertiary/aromatic N) is 2. The second-order valence-electron chi connectivity index (χ2n) is 5.87. The van der Waals surface area contributed by atoms with Gasteiger partial charge in [-0.1, -0.05) is 0 Å². The maximum Gasteiger partial charge on any atom is 0.221 e. The fourth-order valence-corrected chi connectivity index (χ4v) is 4.97. The molecule has 1 fully saturated rings. The summed E-state index contributed by atoms with van der Waals surface area (Å²) in [7, 11) is -6.53. The quantitative estimate of drug-likeness (QED) is 0.690. The summed E-state index contributed by atoms with van der Waals surface area (Å²) in [6, 6.07) is 3.04. The number of hydrogen-bond donors (Lipinski definition) is 1. The van der Waals surface area contributed by atoms with Crippen molar-refractivity contribution < 1.29 is 21.6 Å². The first-order valence-electron chi connectivity index (χ1n) is 7.49. The third-order valence-corrected chi connectivity index (χ3v) is 6.78. The molecule has 24 heavy (non-hydrogen) atoms. The summed E-state index contributed by atoms with van der Waals surface area (Å²) in [6.45, 7) is 0.193. The fourth-order valence-electron chi connectivity index (χ4n) is 2.49. The van der Waals surface area contributed by atoms with Crippen LogP contribution in [0.3, 0.4) is 0 Å². The van der Waals surface area contributed by atoms with E-state index >= 15 is 0 Å². The molecule has 1 atom stereocenters. The van der Waals surface area contributed by atoms with Crippen LogP contribution >= 0.6 is 0 Å². The Bertz CT molecular complexity index is 778. The molecule has 1 saturated heterocycles. The Morgan fingerprint density at radius 2 is 2.04 bits per heavy atom. The first kappa shape index (κ1) is 18.8. The third kappa shape index (κ3) is 5.84. The van der Waals surface area contributed by atoms with Crippen molar-refractivity contribution in [2.24, 2.45) is 0 Å². The van der Waals surface area contributed by atoms with Gasteiger partial charge in [-0.25, -0.2) is 16.8 Å². The summed E-state index contributed by atoms with van der Waals surface area (Å²) in [5, 5.41) is 2.66. The first-order chi connectivity index (χ1) is 11.2. The van der Waals surface area contributed by atoms with E-state index in [1.54, 1.807) is 24.5 Å². The number of nitrogens with one attached hydrogen (secondary N) is 1. The summed E-state index contributed by atoms with van der Waals surface area (Å²) >= 11 is 0. The molecule has 8 nitrogen and oxygen atoms in total. The van der Waals surface area contributed by atoms with Gasteiger partial charge in [-0.05, 0) is 24.1 Å². The Kier molecular flexibility index (Phi) is 5.94. The van der Waals surface area contributed by atoms with Crippen LogP contribution in [0.25, 0.3) is 0 Å². The number of sulfonamides is 1. The Labute approximate surface area is 142 Å². The molecule has 1 N–H and O–H groups in total. The van der Waals surface area contributed by atoms with E-state index in [2.05, 4.69) is 10.3 Å². The van der Waals surface area contributed by atoms with Gasteiger partial charge in [0.05, 0.1) is 17.8 Å². The van der Waals surface area contributed by atoms with Gasteiger partial charge in [0.25, 0.3) is 0 Å². The predicted molar refractivity (Wildman–Crippen MR) is 89.3 cm³/mol. The fraction of sp³-hybridized carbons (Fsp3) is 0.571. The smallest absolute Gasteiger partial charge is 0.221 e. The van der Waals surface area contributed by atoms with Crippen LogP contribution in [-0.2, 0) is 31.2 Å². The van der Waals surface area contributed by atoms with Gasteiger partial charge < -0.3 is 5.32 Å². The van der Waals surface area contributed by atoms with Crippen molar-refractivity contribution in [3.8, 4) is 0 Å². The maximum absolute atomic E-state index is 12.0. The molecule has 1 aromatic heterocycles. The van der Waals surface area contributed by atoms with Crippen molar-refractivity contribution in [2.75, 3.05) is 24.3 Å². The third-order valence-electron chi connectivity index (χ3n) is 3.76. The van der Waals surface area contributed by atoms with Crippen LogP contribution in [-0.4, -0.2) is 62.4 Å². The van der Waals surface area contributed by atoms with Gasteiger partial charge in [-0.15, -0.1) is 0 Å². The summed E-state index contributed by atoms with van der Waals surface area (Å²) in [4.78, 5) is 15.8. The average Bonchev–Trinajstić information content (AvgIpc) is 2.82. The Balaban J connectivity index is 1.90. The standard InChI is InChI=1S/C14H21N3O5S2/c1-23(19,20)17(10-12-2-6-15-7-3-12)8-4-14(18)16-13-5-9-24(21,22)11-13/h2-3,6-7,13H,4-5,8-11H2,1H3,(H,16,18). The van der Waals surface area contributed by atoms with Crippen molar-refractivity contribution >= 4 is 25.8 Å². The molecule has 1 aliphatic rings. The predicted octanol–water partition coefficient (Wildman–Crippen LogP) is -0.463. The van der Waals surface area contributed by atoms with E-state index in [1.165, 1.54) is 4.31 Å². The van der Waals surface area contributed by atoms with Crippen molar-refractivity contribution in [1.29, 1.82) is 0 Å². The molecule has 0 radical (unpaired) electrons. The highest BCUT2D eigenvalue weighted by molar-refractivity contribution is 7.91. The number of carbonyl (C=O) groups is 1. The van der Waals surface area contributed by atoms with E-state index < -0.39 is 19.9 Å². The highest BCUT2D eigenvalue weighted by Gasteiger charge is 2.29. The molecular weight excluding hydrogens is 354 g/mol. The lowest BCUT2D eigenvalue weighted by Crippen LogP contribution is -2.38. The number of carbonyl (C=O) groups excluding carboxylic acids is 1. The van der Waals surface area contributed by atoms with Crippen molar-refractivity contribution in [1.82, 2.24) is 14.6 Å². The molecule has 0 saturated carbocycles. The SMILES string of the molecule is CS(=O)(=O)N(CCC(=O)NC1CCS(=O)(=O)C1)Cc1ccncc1. The van der Waals surface area contributed by atoms with Gasteiger partial charge in [0.2, 0.25) is 15.9 Å². The van der Waals surface area contributed by atoms with Crippen LogP contribution in [0.1, 0.15) is 18.4 Å². The van der Waals surface area contributed by atoms with E-state index in [1.807, 2.05) is 0 Å². The second kappa shape index (κ2) is 7.58. The molecule has 2 heterocycles. The molecule has 0 aliphatic carbocycles. The molecular formula is C14H21N3O5S2. The van der Waals surface area contributed by atoms with Crippen LogP contribution < -0.4 is 5.32 Å². The average molecular weight is 375 g/mol. The van der Waals surface area contributed by atoms with Crippen molar-refractivity contribution in [3.05, 3.63) is 30.1 Å².